The number of hydrogen-bond donors (Lipinski definition) is 1. The molecule has 0 heterocycles. The van der Waals surface area contributed by atoms with Crippen molar-refractivity contribution >= 4 is 11.8 Å². The predicted molar refractivity (Wildman–Crippen MR) is 72.6 cm³/mol. The summed E-state index contributed by atoms with van der Waals surface area (Å²) in [4.78, 5) is 0.862. The van der Waals surface area contributed by atoms with E-state index in [4.69, 9.17) is 0 Å². The second kappa shape index (κ2) is 6.56. The molecule has 0 aromatic heterocycles. The summed E-state index contributed by atoms with van der Waals surface area (Å²) < 4.78 is 0. The number of hydrogen-bond acceptors (Lipinski definition) is 2. The molecule has 1 aromatic carbocycles. The Morgan fingerprint density at radius 2 is 1.94 bits per heavy atom. The first-order chi connectivity index (χ1) is 7.65. The van der Waals surface area contributed by atoms with E-state index in [2.05, 4.69) is 25.3 Å². The Morgan fingerprint density at radius 3 is 2.50 bits per heavy atom. The van der Waals surface area contributed by atoms with Crippen LogP contribution in [0, 0.1) is 0 Å². The van der Waals surface area contributed by atoms with Gasteiger partial charge in [-0.1, -0.05) is 43.5 Å². The maximum absolute atomic E-state index is 9.91. The summed E-state index contributed by atoms with van der Waals surface area (Å²) in [7, 11) is 0. The third-order valence-corrected chi connectivity index (χ3v) is 3.31. The minimum atomic E-state index is -0.486. The smallest absolute Gasteiger partial charge is 0.0798 e. The van der Waals surface area contributed by atoms with Gasteiger partial charge in [0.1, 0.15) is 0 Å². The molecule has 0 radical (unpaired) electrons. The molecule has 1 nitrogen and oxygen atoms in total. The van der Waals surface area contributed by atoms with Crippen LogP contribution >= 0.6 is 11.8 Å². The van der Waals surface area contributed by atoms with E-state index in [1.807, 2.05) is 24.5 Å². The lowest BCUT2D eigenvalue weighted by Gasteiger charge is -2.14. The van der Waals surface area contributed by atoms with Crippen LogP contribution in [0.5, 0.6) is 0 Å². The molecule has 2 heteroatoms. The van der Waals surface area contributed by atoms with Gasteiger partial charge in [0.25, 0.3) is 0 Å². The van der Waals surface area contributed by atoms with E-state index in [0.717, 1.165) is 16.9 Å². The molecular weight excluding hydrogens is 216 g/mol. The van der Waals surface area contributed by atoms with Crippen LogP contribution in [-0.4, -0.2) is 17.5 Å². The van der Waals surface area contributed by atoms with E-state index in [9.17, 15) is 5.11 Å². The molecule has 1 rings (SSSR count). The van der Waals surface area contributed by atoms with Gasteiger partial charge in [0.15, 0.2) is 0 Å². The van der Waals surface area contributed by atoms with Crippen molar-refractivity contribution < 1.29 is 5.11 Å². The monoisotopic (exact) mass is 234 g/mol. The van der Waals surface area contributed by atoms with Gasteiger partial charge in [-0.15, -0.1) is 11.8 Å². The fourth-order valence-corrected chi connectivity index (χ4v) is 1.84. The average molecular weight is 234 g/mol. The van der Waals surface area contributed by atoms with Gasteiger partial charge in [0.2, 0.25) is 0 Å². The average Bonchev–Trinajstić information content (AvgIpc) is 2.35. The molecule has 0 aliphatic rings. The molecule has 1 atom stereocenters. The van der Waals surface area contributed by atoms with Crippen molar-refractivity contribution in [2.75, 3.05) is 6.26 Å². The summed E-state index contributed by atoms with van der Waals surface area (Å²) in [5.41, 5.74) is 1.98. The highest BCUT2D eigenvalue weighted by Gasteiger charge is 2.11. The lowest BCUT2D eigenvalue weighted by atomic mass is 10.0. The van der Waals surface area contributed by atoms with Gasteiger partial charge in [-0.25, -0.2) is 0 Å². The minimum Gasteiger partial charge on any atom is -0.388 e. The number of benzene rings is 1. The van der Waals surface area contributed by atoms with Gasteiger partial charge in [-0.3, -0.25) is 0 Å². The zero-order chi connectivity index (χ0) is 12.0. The van der Waals surface area contributed by atoms with Crippen molar-refractivity contribution in [1.82, 2.24) is 0 Å². The van der Waals surface area contributed by atoms with Crippen molar-refractivity contribution in [1.29, 1.82) is 0 Å². The van der Waals surface area contributed by atoms with E-state index < -0.39 is 6.10 Å². The second-order valence-electron chi connectivity index (χ2n) is 3.69. The molecule has 0 saturated heterocycles. The molecule has 1 N–H and O–H groups in total. The Bertz CT molecular complexity index is 356. The molecule has 86 valence electrons. The van der Waals surface area contributed by atoms with Crippen LogP contribution in [0.15, 0.2) is 54.0 Å². The van der Waals surface area contributed by atoms with Crippen LogP contribution in [0.25, 0.3) is 0 Å². The fraction of sp³-hybridized carbons (Fsp3) is 0.286. The summed E-state index contributed by atoms with van der Waals surface area (Å²) in [6, 6.07) is 10.2. The molecule has 16 heavy (non-hydrogen) atoms. The SMILES string of the molecule is C=C(SC)C(=C)C(O)CCc1ccccc1. The summed E-state index contributed by atoms with van der Waals surface area (Å²) in [5.74, 6) is 0. The van der Waals surface area contributed by atoms with Gasteiger partial charge in [-0.05, 0) is 30.2 Å². The van der Waals surface area contributed by atoms with Crippen LogP contribution in [-0.2, 0) is 6.42 Å². The molecular formula is C14H18OS. The summed E-state index contributed by atoms with van der Waals surface area (Å²) in [5, 5.41) is 9.91. The predicted octanol–water partition coefficient (Wildman–Crippen LogP) is 3.41. The van der Waals surface area contributed by atoms with Crippen molar-refractivity contribution in [3.05, 3.63) is 59.5 Å². The normalized spacial score (nSPS) is 12.1. The number of aliphatic hydroxyl groups is 1. The second-order valence-corrected chi connectivity index (χ2v) is 4.59. The Kier molecular flexibility index (Phi) is 5.36. The molecule has 0 bridgehead atoms. The van der Waals surface area contributed by atoms with E-state index in [-0.39, 0.29) is 0 Å². The van der Waals surface area contributed by atoms with Gasteiger partial charge >= 0.3 is 0 Å². The van der Waals surface area contributed by atoms with Crippen LogP contribution in [0.4, 0.5) is 0 Å². The molecule has 0 aliphatic heterocycles. The van der Waals surface area contributed by atoms with Gasteiger partial charge in [0.05, 0.1) is 6.10 Å². The first kappa shape index (κ1) is 13.1. The van der Waals surface area contributed by atoms with Crippen LogP contribution < -0.4 is 0 Å². The van der Waals surface area contributed by atoms with Crippen molar-refractivity contribution in [2.24, 2.45) is 0 Å². The zero-order valence-corrected chi connectivity index (χ0v) is 10.5. The molecule has 0 amide bonds. The standard InChI is InChI=1S/C14H18OS/c1-11(12(2)16-3)14(15)10-9-13-7-5-4-6-8-13/h4-8,14-15H,1-2,9-10H2,3H3. The molecule has 0 saturated carbocycles. The maximum Gasteiger partial charge on any atom is 0.0798 e. The van der Waals surface area contributed by atoms with Gasteiger partial charge in [0, 0.05) is 4.91 Å². The van der Waals surface area contributed by atoms with Gasteiger partial charge < -0.3 is 5.11 Å². The van der Waals surface area contributed by atoms with Crippen molar-refractivity contribution in [3.63, 3.8) is 0 Å². The first-order valence-electron chi connectivity index (χ1n) is 5.29. The Hall–Kier alpha value is -0.990. The number of aliphatic hydroxyl groups excluding tert-OH is 1. The van der Waals surface area contributed by atoms with E-state index in [1.165, 1.54) is 17.3 Å². The number of rotatable bonds is 6. The molecule has 0 fully saturated rings. The van der Waals surface area contributed by atoms with Crippen LogP contribution in [0.2, 0.25) is 0 Å². The third-order valence-electron chi connectivity index (χ3n) is 2.56. The number of thioether (sulfide) groups is 1. The highest BCUT2D eigenvalue weighted by molar-refractivity contribution is 8.02. The number of aryl methyl sites for hydroxylation is 1. The first-order valence-corrected chi connectivity index (χ1v) is 6.51. The van der Waals surface area contributed by atoms with Crippen LogP contribution in [0.3, 0.4) is 0 Å². The van der Waals surface area contributed by atoms with E-state index in [1.54, 1.807) is 0 Å². The highest BCUT2D eigenvalue weighted by atomic mass is 32.2. The van der Waals surface area contributed by atoms with Gasteiger partial charge in [-0.2, -0.15) is 0 Å². The lowest BCUT2D eigenvalue weighted by molar-refractivity contribution is 0.204. The Labute approximate surface area is 102 Å². The van der Waals surface area contributed by atoms with Crippen molar-refractivity contribution in [3.8, 4) is 0 Å². The fourth-order valence-electron chi connectivity index (χ4n) is 1.44. The Balaban J connectivity index is 2.44. The molecule has 0 spiro atoms. The zero-order valence-electron chi connectivity index (χ0n) is 9.65. The Morgan fingerprint density at radius 1 is 1.31 bits per heavy atom. The largest absolute Gasteiger partial charge is 0.388 e. The van der Waals surface area contributed by atoms with E-state index in [0.29, 0.717) is 6.42 Å². The molecule has 1 unspecified atom stereocenters. The summed E-state index contributed by atoms with van der Waals surface area (Å²) in [6.45, 7) is 7.72. The quantitative estimate of drug-likeness (QED) is 0.761. The molecule has 1 aromatic rings. The molecule has 0 aliphatic carbocycles. The van der Waals surface area contributed by atoms with Crippen LogP contribution in [0.1, 0.15) is 12.0 Å². The maximum atomic E-state index is 9.91. The lowest BCUT2D eigenvalue weighted by Crippen LogP contribution is -2.11. The summed E-state index contributed by atoms with van der Waals surface area (Å²) in [6.07, 6.45) is 3.02. The minimum absolute atomic E-state index is 0.486. The topological polar surface area (TPSA) is 20.2 Å². The van der Waals surface area contributed by atoms with E-state index >= 15 is 0 Å². The highest BCUT2D eigenvalue weighted by Crippen LogP contribution is 2.22. The summed E-state index contributed by atoms with van der Waals surface area (Å²) >= 11 is 1.53. The van der Waals surface area contributed by atoms with Crippen molar-refractivity contribution in [2.45, 2.75) is 18.9 Å². The third kappa shape index (κ3) is 3.87.